The molecule has 0 radical (unpaired) electrons. The van der Waals surface area contributed by atoms with Crippen molar-refractivity contribution in [2.45, 2.75) is 30.6 Å². The molecule has 1 N–H and O–H groups in total. The van der Waals surface area contributed by atoms with E-state index in [4.69, 9.17) is 11.6 Å². The van der Waals surface area contributed by atoms with Gasteiger partial charge in [-0.15, -0.1) is 0 Å². The minimum atomic E-state index is -3.69. The molecule has 0 spiro atoms. The van der Waals surface area contributed by atoms with Gasteiger partial charge in [0.2, 0.25) is 5.95 Å². The summed E-state index contributed by atoms with van der Waals surface area (Å²) >= 11 is 6.14. The molecule has 0 bridgehead atoms. The van der Waals surface area contributed by atoms with Crippen molar-refractivity contribution in [3.63, 3.8) is 0 Å². The Hall–Kier alpha value is -1.66. The summed E-state index contributed by atoms with van der Waals surface area (Å²) in [5.74, 6) is 0.0319. The highest BCUT2D eigenvalue weighted by Crippen LogP contribution is 2.27. The molecule has 3 rings (SSSR count). The Morgan fingerprint density at radius 2 is 1.76 bits per heavy atom. The minimum Gasteiger partial charge on any atom is -0.247 e. The zero-order valence-electron chi connectivity index (χ0n) is 11.2. The Balaban J connectivity index is 1.94. The third-order valence-corrected chi connectivity index (χ3v) is 5.07. The van der Waals surface area contributed by atoms with Crippen LogP contribution in [0.5, 0.6) is 0 Å². The smallest absolute Gasteiger partial charge is 0.247 e. The van der Waals surface area contributed by atoms with Gasteiger partial charge in [-0.2, -0.15) is 4.98 Å². The van der Waals surface area contributed by atoms with Crippen LogP contribution in [-0.2, 0) is 22.9 Å². The Morgan fingerprint density at radius 3 is 2.52 bits per heavy atom. The first kappa shape index (κ1) is 14.3. The summed E-state index contributed by atoms with van der Waals surface area (Å²) in [7, 11) is -3.69. The van der Waals surface area contributed by atoms with Crippen LogP contribution in [0.25, 0.3) is 0 Å². The van der Waals surface area contributed by atoms with E-state index in [0.717, 1.165) is 36.9 Å². The lowest BCUT2D eigenvalue weighted by atomic mass is 9.98. The summed E-state index contributed by atoms with van der Waals surface area (Å²) in [6.45, 7) is 0. The molecule has 0 atom stereocenters. The highest BCUT2D eigenvalue weighted by Gasteiger charge is 2.20. The molecule has 1 aromatic heterocycles. The van der Waals surface area contributed by atoms with E-state index in [9.17, 15) is 8.42 Å². The number of halogens is 1. The lowest BCUT2D eigenvalue weighted by Gasteiger charge is -2.16. The minimum absolute atomic E-state index is 0.0319. The maximum absolute atomic E-state index is 12.2. The van der Waals surface area contributed by atoms with Gasteiger partial charge >= 0.3 is 0 Å². The summed E-state index contributed by atoms with van der Waals surface area (Å²) in [6, 6.07) is 8.11. The fourth-order valence-electron chi connectivity index (χ4n) is 2.37. The number of aryl methyl sites for hydroxylation is 1. The van der Waals surface area contributed by atoms with Crippen LogP contribution >= 0.6 is 11.6 Å². The molecule has 1 aliphatic carbocycles. The number of nitrogens with one attached hydrogen (secondary N) is 1. The first-order valence-electron chi connectivity index (χ1n) is 6.69. The van der Waals surface area contributed by atoms with Gasteiger partial charge in [0.25, 0.3) is 10.0 Å². The first-order chi connectivity index (χ1) is 10.1. The summed E-state index contributed by atoms with van der Waals surface area (Å²) in [5, 5.41) is 0.338. The van der Waals surface area contributed by atoms with Crippen molar-refractivity contribution in [2.75, 3.05) is 4.72 Å². The molecule has 7 heteroatoms. The van der Waals surface area contributed by atoms with E-state index in [1.54, 1.807) is 18.2 Å². The van der Waals surface area contributed by atoms with Crippen LogP contribution in [-0.4, -0.2) is 18.4 Å². The molecule has 0 unspecified atom stereocenters. The SMILES string of the molecule is O=S(=O)(Nc1nc(Cl)c2c(n1)CCCC2)c1ccccc1. The molecule has 0 fully saturated rings. The predicted octanol–water partition coefficient (Wildman–Crippen LogP) is 2.81. The molecule has 0 saturated heterocycles. The number of sulfonamides is 1. The van der Waals surface area contributed by atoms with E-state index in [2.05, 4.69) is 14.7 Å². The van der Waals surface area contributed by atoms with Crippen LogP contribution in [0, 0.1) is 0 Å². The maximum Gasteiger partial charge on any atom is 0.264 e. The average molecular weight is 324 g/mol. The number of aromatic nitrogens is 2. The number of rotatable bonds is 3. The van der Waals surface area contributed by atoms with Crippen LogP contribution in [0.4, 0.5) is 5.95 Å². The topological polar surface area (TPSA) is 72.0 Å². The van der Waals surface area contributed by atoms with Gasteiger partial charge in [0.05, 0.1) is 10.6 Å². The standard InChI is InChI=1S/C14H14ClN3O2S/c15-13-11-8-4-5-9-12(11)16-14(17-13)18-21(19,20)10-6-2-1-3-7-10/h1-3,6-7H,4-5,8-9H2,(H,16,17,18). The average Bonchev–Trinajstić information content (AvgIpc) is 2.48. The zero-order chi connectivity index (χ0) is 14.9. The van der Waals surface area contributed by atoms with Crippen LogP contribution in [0.15, 0.2) is 35.2 Å². The van der Waals surface area contributed by atoms with E-state index in [1.165, 1.54) is 12.1 Å². The van der Waals surface area contributed by atoms with Crippen LogP contribution in [0.1, 0.15) is 24.1 Å². The fraction of sp³-hybridized carbons (Fsp3) is 0.286. The Labute approximate surface area is 128 Å². The van der Waals surface area contributed by atoms with Crippen molar-refractivity contribution in [3.05, 3.63) is 46.7 Å². The van der Waals surface area contributed by atoms with Gasteiger partial charge in [-0.25, -0.2) is 18.1 Å². The molecule has 2 aromatic rings. The largest absolute Gasteiger partial charge is 0.264 e. The molecular formula is C14H14ClN3O2S. The summed E-state index contributed by atoms with van der Waals surface area (Å²) in [4.78, 5) is 8.53. The Morgan fingerprint density at radius 1 is 1.05 bits per heavy atom. The zero-order valence-corrected chi connectivity index (χ0v) is 12.8. The summed E-state index contributed by atoms with van der Waals surface area (Å²) in [5.41, 5.74) is 1.78. The second kappa shape index (κ2) is 5.61. The van der Waals surface area contributed by atoms with Gasteiger partial charge in [0.15, 0.2) is 0 Å². The van der Waals surface area contributed by atoms with Crippen molar-refractivity contribution in [1.82, 2.24) is 9.97 Å². The quantitative estimate of drug-likeness (QED) is 0.882. The first-order valence-corrected chi connectivity index (χ1v) is 8.55. The van der Waals surface area contributed by atoms with E-state index >= 15 is 0 Å². The number of hydrogen-bond donors (Lipinski definition) is 1. The number of hydrogen-bond acceptors (Lipinski definition) is 4. The van der Waals surface area contributed by atoms with Gasteiger partial charge in [-0.3, -0.25) is 0 Å². The Kier molecular flexibility index (Phi) is 3.82. The van der Waals surface area contributed by atoms with Gasteiger partial charge in [-0.05, 0) is 37.8 Å². The van der Waals surface area contributed by atoms with Crippen molar-refractivity contribution in [1.29, 1.82) is 0 Å². The van der Waals surface area contributed by atoms with Crippen molar-refractivity contribution < 1.29 is 8.42 Å². The van der Waals surface area contributed by atoms with Crippen LogP contribution in [0.3, 0.4) is 0 Å². The van der Waals surface area contributed by atoms with E-state index in [1.807, 2.05) is 0 Å². The molecule has 1 heterocycles. The molecule has 21 heavy (non-hydrogen) atoms. The summed E-state index contributed by atoms with van der Waals surface area (Å²) in [6.07, 6.45) is 3.74. The summed E-state index contributed by atoms with van der Waals surface area (Å²) < 4.78 is 26.9. The maximum atomic E-state index is 12.2. The van der Waals surface area contributed by atoms with Gasteiger partial charge in [0, 0.05) is 5.56 Å². The molecule has 5 nitrogen and oxygen atoms in total. The molecule has 110 valence electrons. The van der Waals surface area contributed by atoms with E-state index < -0.39 is 10.0 Å². The van der Waals surface area contributed by atoms with E-state index in [0.29, 0.717) is 5.15 Å². The molecule has 0 saturated carbocycles. The van der Waals surface area contributed by atoms with Crippen molar-refractivity contribution in [2.24, 2.45) is 0 Å². The van der Waals surface area contributed by atoms with Gasteiger partial charge in [-0.1, -0.05) is 29.8 Å². The molecule has 0 amide bonds. The lowest BCUT2D eigenvalue weighted by Crippen LogP contribution is -2.17. The number of benzene rings is 1. The molecule has 0 aliphatic heterocycles. The monoisotopic (exact) mass is 323 g/mol. The highest BCUT2D eigenvalue weighted by atomic mass is 35.5. The second-order valence-corrected chi connectivity index (χ2v) is 6.93. The van der Waals surface area contributed by atoms with Crippen LogP contribution in [0.2, 0.25) is 5.15 Å². The highest BCUT2D eigenvalue weighted by molar-refractivity contribution is 7.92. The van der Waals surface area contributed by atoms with Crippen molar-refractivity contribution >= 4 is 27.6 Å². The van der Waals surface area contributed by atoms with Gasteiger partial charge in [0.1, 0.15) is 5.15 Å². The van der Waals surface area contributed by atoms with Gasteiger partial charge < -0.3 is 0 Å². The number of anilines is 1. The fourth-order valence-corrected chi connectivity index (χ4v) is 3.62. The molecular weight excluding hydrogens is 310 g/mol. The molecule has 1 aromatic carbocycles. The van der Waals surface area contributed by atoms with Crippen LogP contribution < -0.4 is 4.72 Å². The number of nitrogens with zero attached hydrogens (tertiary/aromatic N) is 2. The van der Waals surface area contributed by atoms with Crippen molar-refractivity contribution in [3.8, 4) is 0 Å². The van der Waals surface area contributed by atoms with E-state index in [-0.39, 0.29) is 10.8 Å². The number of fused-ring (bicyclic) bond motifs is 1. The second-order valence-electron chi connectivity index (χ2n) is 4.89. The third kappa shape index (κ3) is 3.01. The normalized spacial score (nSPS) is 14.5. The predicted molar refractivity (Wildman–Crippen MR) is 80.9 cm³/mol. The molecule has 1 aliphatic rings. The Bertz CT molecular complexity index is 763. The third-order valence-electron chi connectivity index (χ3n) is 3.41. The lowest BCUT2D eigenvalue weighted by molar-refractivity contribution is 0.600.